The molecule has 0 saturated carbocycles. The zero-order valence-corrected chi connectivity index (χ0v) is 18.8. The second kappa shape index (κ2) is 11.7. The molecule has 2 aliphatic rings. The monoisotopic (exact) mass is 517 g/mol. The number of hydrogen-bond acceptors (Lipinski definition) is 7. The first kappa shape index (κ1) is 25.4. The molecule has 5 rings (SSSR count). The Bertz CT molecular complexity index is 935. The maximum Gasteiger partial charge on any atom is 3.00 e. The van der Waals surface area contributed by atoms with Gasteiger partial charge in [0.25, 0.3) is 0 Å². The Labute approximate surface area is 207 Å². The first-order chi connectivity index (χ1) is 14.3. The molecule has 3 aromatic heterocycles. The maximum absolute atomic E-state index is 4.36. The van der Waals surface area contributed by atoms with Crippen molar-refractivity contribution in [3.63, 3.8) is 0 Å². The van der Waals surface area contributed by atoms with Crippen molar-refractivity contribution in [2.24, 2.45) is 0 Å². The van der Waals surface area contributed by atoms with E-state index in [0.29, 0.717) is 13.1 Å². The third-order valence-electron chi connectivity index (χ3n) is 4.54. The summed E-state index contributed by atoms with van der Waals surface area (Å²) in [6, 6.07) is 13.7. The van der Waals surface area contributed by atoms with Gasteiger partial charge in [0.15, 0.2) is 0 Å². The summed E-state index contributed by atoms with van der Waals surface area (Å²) < 4.78 is 0. The van der Waals surface area contributed by atoms with E-state index in [-0.39, 0.29) is 38.5 Å². The minimum atomic E-state index is 0. The Morgan fingerprint density at radius 3 is 1.84 bits per heavy atom. The van der Waals surface area contributed by atoms with Crippen LogP contribution in [0.25, 0.3) is 0 Å². The SMILES string of the molecule is C1=CN(c2ccccn2)[CH-]N1Cc1cc(CN2C=CN(c3ccccn3)[CH-]2)[n-]n1.O.[Ni+3].[Ni+3]. The summed E-state index contributed by atoms with van der Waals surface area (Å²) in [6.07, 6.45) is 11.5. The Hall–Kier alpha value is -2.86. The molecule has 2 aliphatic heterocycles. The first-order valence-electron chi connectivity index (χ1n) is 9.28. The van der Waals surface area contributed by atoms with Crippen molar-refractivity contribution in [2.45, 2.75) is 13.1 Å². The van der Waals surface area contributed by atoms with Gasteiger partial charge in [-0.3, -0.25) is 0 Å². The number of aromatic nitrogens is 4. The smallest absolute Gasteiger partial charge is 0.577 e. The largest absolute Gasteiger partial charge is 3.00 e. The van der Waals surface area contributed by atoms with Crippen LogP contribution >= 0.6 is 0 Å². The van der Waals surface area contributed by atoms with E-state index >= 15 is 0 Å². The fourth-order valence-electron chi connectivity index (χ4n) is 3.17. The number of anilines is 2. The molecule has 0 unspecified atom stereocenters. The molecule has 2 N–H and O–H groups in total. The molecule has 32 heavy (non-hydrogen) atoms. The first-order valence-corrected chi connectivity index (χ1v) is 9.28. The van der Waals surface area contributed by atoms with E-state index in [9.17, 15) is 0 Å². The third kappa shape index (κ3) is 5.88. The van der Waals surface area contributed by atoms with Crippen LogP contribution in [0, 0.1) is 13.3 Å². The molecule has 0 amide bonds. The van der Waals surface area contributed by atoms with Crippen molar-refractivity contribution in [1.82, 2.24) is 30.0 Å². The quantitative estimate of drug-likeness (QED) is 0.360. The van der Waals surface area contributed by atoms with E-state index in [1.54, 1.807) is 12.4 Å². The van der Waals surface area contributed by atoms with E-state index in [4.69, 9.17) is 0 Å². The zero-order chi connectivity index (χ0) is 19.5. The standard InChI is InChI=1S/C21H19N8.2Ni.H2O/c1-3-7-22-20(5-1)28-11-9-26(16-28)14-18-13-19(25-24-18)15-27-10-12-29(17-27)21-6-2-4-8-23-21;;;/h1-13,16-17H,14-15H2;;;1H2/q-3;2*+3;. The Balaban J connectivity index is 0.00000121. The molecule has 11 heteroatoms. The van der Waals surface area contributed by atoms with Gasteiger partial charge in [-0.15, -0.1) is 19.0 Å². The summed E-state index contributed by atoms with van der Waals surface area (Å²) in [5.41, 5.74) is 1.85. The molecular formula is C21H21N8Ni2O+3. The van der Waals surface area contributed by atoms with Crippen LogP contribution in [0.4, 0.5) is 11.6 Å². The van der Waals surface area contributed by atoms with Crippen molar-refractivity contribution in [3.05, 3.63) is 104 Å². The molecule has 0 aliphatic carbocycles. The van der Waals surface area contributed by atoms with Crippen LogP contribution in [0.1, 0.15) is 11.4 Å². The van der Waals surface area contributed by atoms with Gasteiger partial charge in [0.1, 0.15) is 11.6 Å². The molecule has 9 nitrogen and oxygen atoms in total. The molecule has 0 saturated heterocycles. The number of hydrogen-bond donors (Lipinski definition) is 0. The fraction of sp³-hybridized carbons (Fsp3) is 0.0952. The second-order valence-corrected chi connectivity index (χ2v) is 6.69. The van der Waals surface area contributed by atoms with Gasteiger partial charge < -0.3 is 35.3 Å². The predicted molar refractivity (Wildman–Crippen MR) is 113 cm³/mol. The van der Waals surface area contributed by atoms with Crippen LogP contribution in [0.15, 0.2) is 79.7 Å². The Kier molecular flexibility index (Phi) is 9.26. The summed E-state index contributed by atoms with van der Waals surface area (Å²) in [4.78, 5) is 16.8. The predicted octanol–water partition coefficient (Wildman–Crippen LogP) is 1.82. The number of nitrogens with zero attached hydrogens (tertiary/aromatic N) is 8. The molecule has 0 atom stereocenters. The minimum absolute atomic E-state index is 0. The summed E-state index contributed by atoms with van der Waals surface area (Å²) in [7, 11) is 0. The van der Waals surface area contributed by atoms with Gasteiger partial charge in [-0.25, -0.2) is 9.97 Å². The van der Waals surface area contributed by atoms with Crippen LogP contribution in [-0.4, -0.2) is 30.3 Å². The molecule has 0 bridgehead atoms. The zero-order valence-electron chi connectivity index (χ0n) is 16.8. The molecule has 0 fully saturated rings. The second-order valence-electron chi connectivity index (χ2n) is 6.69. The van der Waals surface area contributed by atoms with Gasteiger partial charge in [-0.05, 0) is 55.6 Å². The van der Waals surface area contributed by atoms with Crippen molar-refractivity contribution >= 4 is 11.6 Å². The van der Waals surface area contributed by atoms with Crippen LogP contribution in [0.5, 0.6) is 0 Å². The molecule has 168 valence electrons. The Morgan fingerprint density at radius 1 is 0.750 bits per heavy atom. The van der Waals surface area contributed by atoms with Crippen molar-refractivity contribution < 1.29 is 38.5 Å². The third-order valence-corrected chi connectivity index (χ3v) is 4.54. The van der Waals surface area contributed by atoms with Gasteiger partial charge in [0.2, 0.25) is 0 Å². The van der Waals surface area contributed by atoms with Gasteiger partial charge >= 0.3 is 33.0 Å². The van der Waals surface area contributed by atoms with E-state index in [1.807, 2.05) is 90.4 Å². The van der Waals surface area contributed by atoms with Crippen LogP contribution in [0.2, 0.25) is 0 Å². The van der Waals surface area contributed by atoms with Gasteiger partial charge in [0.05, 0.1) is 0 Å². The Morgan fingerprint density at radius 2 is 1.31 bits per heavy atom. The van der Waals surface area contributed by atoms with Crippen LogP contribution in [0.3, 0.4) is 0 Å². The molecule has 0 spiro atoms. The molecule has 5 heterocycles. The maximum atomic E-state index is 4.36. The molecular weight excluding hydrogens is 498 g/mol. The van der Waals surface area contributed by atoms with Crippen LogP contribution < -0.4 is 14.9 Å². The van der Waals surface area contributed by atoms with E-state index < -0.39 is 0 Å². The van der Waals surface area contributed by atoms with Gasteiger partial charge in [-0.1, -0.05) is 18.2 Å². The summed E-state index contributed by atoms with van der Waals surface area (Å²) >= 11 is 0. The average Bonchev–Trinajstić information content (AvgIpc) is 3.52. The molecule has 0 aromatic carbocycles. The van der Waals surface area contributed by atoms with E-state index in [2.05, 4.69) is 30.0 Å². The van der Waals surface area contributed by atoms with Crippen molar-refractivity contribution in [3.8, 4) is 0 Å². The summed E-state index contributed by atoms with van der Waals surface area (Å²) in [5, 5.41) is 8.65. The molecule has 2 radical (unpaired) electrons. The van der Waals surface area contributed by atoms with Crippen LogP contribution in [-0.2, 0) is 46.1 Å². The number of rotatable bonds is 6. The molecule has 3 aromatic rings. The van der Waals surface area contributed by atoms with E-state index in [1.165, 1.54) is 0 Å². The normalized spacial score (nSPS) is 14.2. The van der Waals surface area contributed by atoms with Crippen molar-refractivity contribution in [2.75, 3.05) is 9.80 Å². The number of pyridine rings is 2. The average molecular weight is 519 g/mol. The van der Waals surface area contributed by atoms with Gasteiger partial charge in [-0.2, -0.15) is 0 Å². The fourth-order valence-corrected chi connectivity index (χ4v) is 3.17. The topological polar surface area (TPSA) is 97.2 Å². The van der Waals surface area contributed by atoms with E-state index in [0.717, 1.165) is 23.0 Å². The summed E-state index contributed by atoms with van der Waals surface area (Å²) in [6.45, 7) is 5.32. The van der Waals surface area contributed by atoms with Crippen molar-refractivity contribution in [1.29, 1.82) is 0 Å². The summed E-state index contributed by atoms with van der Waals surface area (Å²) in [5.74, 6) is 1.77. The van der Waals surface area contributed by atoms with Gasteiger partial charge in [0, 0.05) is 24.6 Å². The minimum Gasteiger partial charge on any atom is -0.577 e.